The van der Waals surface area contributed by atoms with E-state index in [9.17, 15) is 9.90 Å². The van der Waals surface area contributed by atoms with Crippen LogP contribution in [0.2, 0.25) is 0 Å². The summed E-state index contributed by atoms with van der Waals surface area (Å²) in [7, 11) is 0. The predicted molar refractivity (Wildman–Crippen MR) is 66.6 cm³/mol. The fourth-order valence-corrected chi connectivity index (χ4v) is 4.03. The number of amides is 1. The first-order valence-electron chi connectivity index (χ1n) is 5.78. The fraction of sp³-hybridized carbons (Fsp3) is 0.667. The van der Waals surface area contributed by atoms with Crippen molar-refractivity contribution in [3.63, 3.8) is 0 Å². The molecule has 1 fully saturated rings. The molecule has 1 saturated carbocycles. The molecule has 4 nitrogen and oxygen atoms in total. The summed E-state index contributed by atoms with van der Waals surface area (Å²) in [4.78, 5) is 16.3. The maximum absolute atomic E-state index is 12.0. The van der Waals surface area contributed by atoms with Gasteiger partial charge in [-0.3, -0.25) is 4.79 Å². The van der Waals surface area contributed by atoms with Gasteiger partial charge >= 0.3 is 0 Å². The summed E-state index contributed by atoms with van der Waals surface area (Å²) in [6, 6.07) is 0. The molecule has 0 saturated heterocycles. The average Bonchev–Trinajstić information content (AvgIpc) is 2.69. The zero-order chi connectivity index (χ0) is 12.7. The number of aliphatic hydroxyl groups excluding tert-OH is 1. The molecule has 1 aromatic rings. The molecule has 17 heavy (non-hydrogen) atoms. The highest BCUT2D eigenvalue weighted by molar-refractivity contribution is 7.09. The molecule has 3 N–H and O–H groups in total. The van der Waals surface area contributed by atoms with Crippen LogP contribution in [0.1, 0.15) is 38.1 Å². The lowest BCUT2D eigenvalue weighted by Crippen LogP contribution is -2.56. The molecular weight excluding hydrogens is 236 g/mol. The van der Waals surface area contributed by atoms with Crippen LogP contribution in [-0.4, -0.2) is 22.1 Å². The second-order valence-electron chi connectivity index (χ2n) is 5.39. The standard InChI is InChI=1S/C12H18N2O2S/c1-11(2)7-8(15)3-4-12(11,9(13)16)10-14-5-6-17-10/h5-6,8,15H,3-4,7H2,1-2H3,(H2,13,16). The Kier molecular flexibility index (Phi) is 2.99. The van der Waals surface area contributed by atoms with Crippen LogP contribution < -0.4 is 5.73 Å². The Morgan fingerprint density at radius 2 is 2.35 bits per heavy atom. The van der Waals surface area contributed by atoms with Crippen LogP contribution in [0.5, 0.6) is 0 Å². The molecule has 94 valence electrons. The van der Waals surface area contributed by atoms with Gasteiger partial charge in [-0.1, -0.05) is 13.8 Å². The van der Waals surface area contributed by atoms with Gasteiger partial charge in [0, 0.05) is 11.6 Å². The van der Waals surface area contributed by atoms with E-state index in [-0.39, 0.29) is 17.4 Å². The summed E-state index contributed by atoms with van der Waals surface area (Å²) in [6.45, 7) is 3.98. The number of aliphatic hydroxyl groups is 1. The molecule has 2 rings (SSSR count). The summed E-state index contributed by atoms with van der Waals surface area (Å²) >= 11 is 1.47. The van der Waals surface area contributed by atoms with Crippen molar-refractivity contribution in [1.82, 2.24) is 4.98 Å². The molecule has 2 atom stereocenters. The van der Waals surface area contributed by atoms with E-state index in [1.807, 2.05) is 19.2 Å². The lowest BCUT2D eigenvalue weighted by atomic mass is 9.57. The Morgan fingerprint density at radius 1 is 1.65 bits per heavy atom. The molecule has 1 aromatic heterocycles. The third-order valence-electron chi connectivity index (χ3n) is 3.97. The van der Waals surface area contributed by atoms with Crippen LogP contribution in [0, 0.1) is 5.41 Å². The quantitative estimate of drug-likeness (QED) is 0.838. The van der Waals surface area contributed by atoms with Crippen molar-refractivity contribution in [1.29, 1.82) is 0 Å². The third kappa shape index (κ3) is 1.77. The van der Waals surface area contributed by atoms with Crippen molar-refractivity contribution < 1.29 is 9.90 Å². The van der Waals surface area contributed by atoms with Crippen molar-refractivity contribution in [3.8, 4) is 0 Å². The Balaban J connectivity index is 2.52. The average molecular weight is 254 g/mol. The molecule has 0 spiro atoms. The van der Waals surface area contributed by atoms with E-state index in [2.05, 4.69) is 4.98 Å². The van der Waals surface area contributed by atoms with E-state index >= 15 is 0 Å². The number of nitrogens with zero attached hydrogens (tertiary/aromatic N) is 1. The number of nitrogens with two attached hydrogens (primary N) is 1. The molecule has 0 bridgehead atoms. The molecule has 0 radical (unpaired) electrons. The van der Waals surface area contributed by atoms with Crippen LogP contribution in [-0.2, 0) is 10.2 Å². The number of thiazole rings is 1. The number of carbonyl (C=O) groups is 1. The largest absolute Gasteiger partial charge is 0.393 e. The Hall–Kier alpha value is -0.940. The molecule has 1 amide bonds. The van der Waals surface area contributed by atoms with Gasteiger partial charge in [0.25, 0.3) is 0 Å². The molecule has 1 aliphatic carbocycles. The SMILES string of the molecule is CC1(C)CC(O)CCC1(C(N)=O)c1nccs1. The first-order chi connectivity index (χ1) is 7.90. The number of hydrogen-bond donors (Lipinski definition) is 2. The number of rotatable bonds is 2. The molecular formula is C12H18N2O2S. The minimum absolute atomic E-state index is 0.329. The summed E-state index contributed by atoms with van der Waals surface area (Å²) in [6.07, 6.45) is 3.11. The van der Waals surface area contributed by atoms with Crippen molar-refractivity contribution >= 4 is 17.2 Å². The van der Waals surface area contributed by atoms with E-state index in [0.717, 1.165) is 5.01 Å². The molecule has 2 unspecified atom stereocenters. The van der Waals surface area contributed by atoms with Crippen molar-refractivity contribution in [2.45, 2.75) is 44.6 Å². The maximum atomic E-state index is 12.0. The Labute approximate surface area is 105 Å². The summed E-state index contributed by atoms with van der Waals surface area (Å²) in [5.41, 5.74) is 4.56. The summed E-state index contributed by atoms with van der Waals surface area (Å²) in [5.74, 6) is -0.329. The van der Waals surface area contributed by atoms with Gasteiger partial charge in [0.05, 0.1) is 6.10 Å². The van der Waals surface area contributed by atoms with Gasteiger partial charge in [-0.05, 0) is 24.7 Å². The minimum atomic E-state index is -0.736. The normalized spacial score (nSPS) is 32.3. The lowest BCUT2D eigenvalue weighted by Gasteiger charge is -2.48. The van der Waals surface area contributed by atoms with E-state index in [0.29, 0.717) is 19.3 Å². The monoisotopic (exact) mass is 254 g/mol. The fourth-order valence-electron chi connectivity index (χ4n) is 2.98. The highest BCUT2D eigenvalue weighted by Gasteiger charge is 2.55. The lowest BCUT2D eigenvalue weighted by molar-refractivity contribution is -0.132. The van der Waals surface area contributed by atoms with E-state index in [1.54, 1.807) is 6.20 Å². The van der Waals surface area contributed by atoms with E-state index in [4.69, 9.17) is 5.73 Å². The molecule has 0 aliphatic heterocycles. The first-order valence-corrected chi connectivity index (χ1v) is 6.66. The third-order valence-corrected chi connectivity index (χ3v) is 4.91. The van der Waals surface area contributed by atoms with Crippen LogP contribution in [0.3, 0.4) is 0 Å². The number of aromatic nitrogens is 1. The van der Waals surface area contributed by atoms with Crippen LogP contribution in [0.25, 0.3) is 0 Å². The highest BCUT2D eigenvalue weighted by atomic mass is 32.1. The zero-order valence-electron chi connectivity index (χ0n) is 10.1. The van der Waals surface area contributed by atoms with E-state index in [1.165, 1.54) is 11.3 Å². The van der Waals surface area contributed by atoms with Gasteiger partial charge in [-0.25, -0.2) is 4.98 Å². The number of hydrogen-bond acceptors (Lipinski definition) is 4. The summed E-state index contributed by atoms with van der Waals surface area (Å²) in [5, 5.41) is 12.4. The second-order valence-corrected chi connectivity index (χ2v) is 6.28. The van der Waals surface area contributed by atoms with Crippen LogP contribution in [0.15, 0.2) is 11.6 Å². The molecule has 5 heteroatoms. The van der Waals surface area contributed by atoms with Gasteiger partial charge in [0.1, 0.15) is 10.4 Å². The zero-order valence-corrected chi connectivity index (χ0v) is 11.0. The van der Waals surface area contributed by atoms with Crippen molar-refractivity contribution in [2.75, 3.05) is 0 Å². The summed E-state index contributed by atoms with van der Waals surface area (Å²) < 4.78 is 0. The maximum Gasteiger partial charge on any atom is 0.231 e. The van der Waals surface area contributed by atoms with Gasteiger partial charge in [0.2, 0.25) is 5.91 Å². The Bertz CT molecular complexity index is 416. The molecule has 0 aromatic carbocycles. The van der Waals surface area contributed by atoms with Gasteiger partial charge in [-0.15, -0.1) is 11.3 Å². The highest BCUT2D eigenvalue weighted by Crippen LogP contribution is 2.52. The topological polar surface area (TPSA) is 76.2 Å². The van der Waals surface area contributed by atoms with Gasteiger partial charge < -0.3 is 10.8 Å². The Morgan fingerprint density at radius 3 is 2.82 bits per heavy atom. The smallest absolute Gasteiger partial charge is 0.231 e. The van der Waals surface area contributed by atoms with Gasteiger partial charge in [0.15, 0.2) is 0 Å². The van der Waals surface area contributed by atoms with Crippen LogP contribution in [0.4, 0.5) is 0 Å². The number of primary amides is 1. The second kappa shape index (κ2) is 4.07. The van der Waals surface area contributed by atoms with Gasteiger partial charge in [-0.2, -0.15) is 0 Å². The van der Waals surface area contributed by atoms with Crippen molar-refractivity contribution in [3.05, 3.63) is 16.6 Å². The first kappa shape index (κ1) is 12.5. The minimum Gasteiger partial charge on any atom is -0.393 e. The molecule has 1 aliphatic rings. The van der Waals surface area contributed by atoms with Crippen LogP contribution >= 0.6 is 11.3 Å². The number of carbonyl (C=O) groups excluding carboxylic acids is 1. The molecule has 1 heterocycles. The predicted octanol–water partition coefficient (Wildman–Crippen LogP) is 1.44. The van der Waals surface area contributed by atoms with Crippen molar-refractivity contribution in [2.24, 2.45) is 11.1 Å². The van der Waals surface area contributed by atoms with E-state index < -0.39 is 5.41 Å².